The second-order valence-electron chi connectivity index (χ2n) is 5.48. The zero-order chi connectivity index (χ0) is 16.3. The lowest BCUT2D eigenvalue weighted by Crippen LogP contribution is -2.37. The normalized spacial score (nSPS) is 12.4. The van der Waals surface area contributed by atoms with Crippen LogP contribution < -0.4 is 5.32 Å². The van der Waals surface area contributed by atoms with Gasteiger partial charge in [0, 0.05) is 17.0 Å². The van der Waals surface area contributed by atoms with E-state index in [0.717, 1.165) is 0 Å². The van der Waals surface area contributed by atoms with Gasteiger partial charge in [-0.1, -0.05) is 25.4 Å². The van der Waals surface area contributed by atoms with E-state index in [1.807, 2.05) is 13.8 Å². The summed E-state index contributed by atoms with van der Waals surface area (Å²) in [6, 6.07) is 6.58. The van der Waals surface area contributed by atoms with E-state index in [1.165, 1.54) is 6.92 Å². The van der Waals surface area contributed by atoms with E-state index in [0.29, 0.717) is 28.5 Å². The minimum Gasteiger partial charge on any atom is -0.449 e. The lowest BCUT2D eigenvalue weighted by Gasteiger charge is -2.13. The third-order valence-corrected chi connectivity index (χ3v) is 3.25. The fourth-order valence-electron chi connectivity index (χ4n) is 1.84. The van der Waals surface area contributed by atoms with Gasteiger partial charge in [0.2, 0.25) is 5.76 Å². The summed E-state index contributed by atoms with van der Waals surface area (Å²) in [5.41, 5.74) is 0.535. The van der Waals surface area contributed by atoms with Crippen LogP contribution in [-0.4, -0.2) is 24.5 Å². The van der Waals surface area contributed by atoms with Crippen molar-refractivity contribution in [1.29, 1.82) is 0 Å². The molecule has 0 aliphatic carbocycles. The number of hydrogen-bond acceptors (Lipinski definition) is 4. The number of benzene rings is 1. The third kappa shape index (κ3) is 4.01. The molecule has 5 nitrogen and oxygen atoms in total. The molecule has 0 aliphatic heterocycles. The number of rotatable bonds is 5. The Morgan fingerprint density at radius 2 is 2.00 bits per heavy atom. The Morgan fingerprint density at radius 1 is 1.27 bits per heavy atom. The van der Waals surface area contributed by atoms with Gasteiger partial charge in [-0.3, -0.25) is 4.79 Å². The largest absolute Gasteiger partial charge is 0.449 e. The number of carbonyl (C=O) groups is 2. The number of hydrogen-bond donors (Lipinski definition) is 1. The molecular weight excluding hydrogens is 306 g/mol. The van der Waals surface area contributed by atoms with Gasteiger partial charge in [-0.15, -0.1) is 0 Å². The number of furan rings is 1. The van der Waals surface area contributed by atoms with E-state index < -0.39 is 12.1 Å². The molecule has 1 heterocycles. The summed E-state index contributed by atoms with van der Waals surface area (Å²) >= 11 is 5.88. The van der Waals surface area contributed by atoms with Crippen LogP contribution in [0.1, 0.15) is 31.3 Å². The van der Waals surface area contributed by atoms with Crippen LogP contribution in [0.5, 0.6) is 0 Å². The topological polar surface area (TPSA) is 68.5 Å². The lowest BCUT2D eigenvalue weighted by molar-refractivity contribution is -0.129. The van der Waals surface area contributed by atoms with Gasteiger partial charge in [0.15, 0.2) is 6.10 Å². The Labute approximate surface area is 133 Å². The smallest absolute Gasteiger partial charge is 0.375 e. The molecule has 1 amide bonds. The summed E-state index contributed by atoms with van der Waals surface area (Å²) in [6.45, 7) is 6.02. The minimum atomic E-state index is -0.886. The predicted molar refractivity (Wildman–Crippen MR) is 83.9 cm³/mol. The van der Waals surface area contributed by atoms with Crippen molar-refractivity contribution < 1.29 is 18.7 Å². The zero-order valence-electron chi connectivity index (χ0n) is 12.7. The maximum Gasteiger partial charge on any atom is 0.375 e. The number of halogens is 1. The zero-order valence-corrected chi connectivity index (χ0v) is 13.4. The van der Waals surface area contributed by atoms with E-state index in [-0.39, 0.29) is 11.7 Å². The molecule has 0 bridgehead atoms. The van der Waals surface area contributed by atoms with Crippen molar-refractivity contribution in [2.75, 3.05) is 6.54 Å². The van der Waals surface area contributed by atoms with Gasteiger partial charge in [0.1, 0.15) is 5.58 Å². The Kier molecular flexibility index (Phi) is 5.08. The maximum absolute atomic E-state index is 12.0. The second kappa shape index (κ2) is 6.83. The van der Waals surface area contributed by atoms with Crippen LogP contribution >= 0.6 is 11.6 Å². The summed E-state index contributed by atoms with van der Waals surface area (Å²) in [5.74, 6) is -0.645. The van der Waals surface area contributed by atoms with Crippen LogP contribution in [0.25, 0.3) is 11.0 Å². The van der Waals surface area contributed by atoms with Crippen molar-refractivity contribution in [3.05, 3.63) is 35.0 Å². The molecule has 0 unspecified atom stereocenters. The maximum atomic E-state index is 12.0. The molecule has 0 fully saturated rings. The minimum absolute atomic E-state index is 0.0424. The molecule has 0 aliphatic rings. The van der Waals surface area contributed by atoms with Crippen molar-refractivity contribution in [3.63, 3.8) is 0 Å². The highest BCUT2D eigenvalue weighted by molar-refractivity contribution is 6.31. The van der Waals surface area contributed by atoms with Crippen LogP contribution in [0.2, 0.25) is 5.02 Å². The highest BCUT2D eigenvalue weighted by atomic mass is 35.5. The standard InChI is InChI=1S/C16H18ClNO4/c1-9(2)8-18-15(19)10(3)21-16(20)14-7-11-6-12(17)4-5-13(11)22-14/h4-7,9-10H,8H2,1-3H3,(H,18,19)/t10-/m0/s1. The third-order valence-electron chi connectivity index (χ3n) is 3.02. The molecule has 0 saturated heterocycles. The number of carbonyl (C=O) groups excluding carboxylic acids is 2. The quantitative estimate of drug-likeness (QED) is 0.856. The molecule has 1 N–H and O–H groups in total. The average molecular weight is 324 g/mol. The number of amides is 1. The first-order valence-corrected chi connectivity index (χ1v) is 7.42. The number of ether oxygens (including phenoxy) is 1. The average Bonchev–Trinajstić information content (AvgIpc) is 2.87. The molecule has 0 spiro atoms. The first-order chi connectivity index (χ1) is 10.4. The van der Waals surface area contributed by atoms with Crippen molar-refractivity contribution in [2.45, 2.75) is 26.9 Å². The van der Waals surface area contributed by atoms with Crippen LogP contribution in [0.15, 0.2) is 28.7 Å². The first-order valence-electron chi connectivity index (χ1n) is 7.04. The van der Waals surface area contributed by atoms with Crippen molar-refractivity contribution in [2.24, 2.45) is 5.92 Å². The molecule has 118 valence electrons. The van der Waals surface area contributed by atoms with Crippen molar-refractivity contribution in [1.82, 2.24) is 5.32 Å². The Hall–Kier alpha value is -2.01. The van der Waals surface area contributed by atoms with Gasteiger partial charge < -0.3 is 14.5 Å². The summed E-state index contributed by atoms with van der Waals surface area (Å²) in [7, 11) is 0. The van der Waals surface area contributed by atoms with Gasteiger partial charge >= 0.3 is 5.97 Å². The fourth-order valence-corrected chi connectivity index (χ4v) is 2.02. The molecule has 0 radical (unpaired) electrons. The highest BCUT2D eigenvalue weighted by Crippen LogP contribution is 2.23. The predicted octanol–water partition coefficient (Wildman–Crippen LogP) is 3.40. The molecule has 1 atom stereocenters. The van der Waals surface area contributed by atoms with Gasteiger partial charge in [-0.05, 0) is 37.1 Å². The molecular formula is C16H18ClNO4. The Balaban J connectivity index is 2.02. The number of esters is 1. The Bertz CT molecular complexity index is 693. The van der Waals surface area contributed by atoms with Gasteiger partial charge in [-0.25, -0.2) is 4.79 Å². The summed E-state index contributed by atoms with van der Waals surface area (Å²) in [4.78, 5) is 23.8. The highest BCUT2D eigenvalue weighted by Gasteiger charge is 2.21. The molecule has 1 aromatic carbocycles. The fraction of sp³-hybridized carbons (Fsp3) is 0.375. The molecule has 2 aromatic rings. The van der Waals surface area contributed by atoms with E-state index in [2.05, 4.69) is 5.32 Å². The molecule has 1 aromatic heterocycles. The number of nitrogens with one attached hydrogen (secondary N) is 1. The van der Waals surface area contributed by atoms with E-state index in [9.17, 15) is 9.59 Å². The molecule has 0 saturated carbocycles. The van der Waals surface area contributed by atoms with Crippen LogP contribution in [0, 0.1) is 5.92 Å². The van der Waals surface area contributed by atoms with Crippen LogP contribution in [-0.2, 0) is 9.53 Å². The van der Waals surface area contributed by atoms with Gasteiger partial charge in [0.25, 0.3) is 5.91 Å². The Morgan fingerprint density at radius 3 is 2.68 bits per heavy atom. The van der Waals surface area contributed by atoms with Gasteiger partial charge in [0.05, 0.1) is 0 Å². The van der Waals surface area contributed by atoms with Crippen LogP contribution in [0.3, 0.4) is 0 Å². The number of fused-ring (bicyclic) bond motifs is 1. The lowest BCUT2D eigenvalue weighted by atomic mass is 10.2. The second-order valence-corrected chi connectivity index (χ2v) is 5.92. The summed E-state index contributed by atoms with van der Waals surface area (Å²) < 4.78 is 10.5. The van der Waals surface area contributed by atoms with E-state index in [1.54, 1.807) is 24.3 Å². The van der Waals surface area contributed by atoms with E-state index >= 15 is 0 Å². The van der Waals surface area contributed by atoms with Crippen molar-refractivity contribution >= 4 is 34.4 Å². The first kappa shape index (κ1) is 16.4. The summed E-state index contributed by atoms with van der Waals surface area (Å²) in [6.07, 6.45) is -0.886. The van der Waals surface area contributed by atoms with Gasteiger partial charge in [-0.2, -0.15) is 0 Å². The molecule has 22 heavy (non-hydrogen) atoms. The molecule has 6 heteroatoms. The van der Waals surface area contributed by atoms with E-state index in [4.69, 9.17) is 20.8 Å². The summed E-state index contributed by atoms with van der Waals surface area (Å²) in [5, 5.41) is 3.96. The molecule has 2 rings (SSSR count). The van der Waals surface area contributed by atoms with Crippen LogP contribution in [0.4, 0.5) is 0 Å². The monoisotopic (exact) mass is 323 g/mol. The van der Waals surface area contributed by atoms with Crippen molar-refractivity contribution in [3.8, 4) is 0 Å². The SMILES string of the molecule is CC(C)CNC(=O)[C@H](C)OC(=O)c1cc2cc(Cl)ccc2o1.